The van der Waals surface area contributed by atoms with Gasteiger partial charge in [0.25, 0.3) is 5.91 Å². The fourth-order valence-corrected chi connectivity index (χ4v) is 2.49. The van der Waals surface area contributed by atoms with Crippen molar-refractivity contribution < 1.29 is 9.90 Å². The minimum Gasteiger partial charge on any atom is -0.395 e. The number of aliphatic hydroxyl groups is 1. The molecule has 0 aliphatic carbocycles. The van der Waals surface area contributed by atoms with Crippen LogP contribution in [0.2, 0.25) is 0 Å². The van der Waals surface area contributed by atoms with Gasteiger partial charge in [0, 0.05) is 16.9 Å². The van der Waals surface area contributed by atoms with Gasteiger partial charge in [0.2, 0.25) is 0 Å². The van der Waals surface area contributed by atoms with Gasteiger partial charge in [-0.05, 0) is 31.2 Å². The zero-order valence-corrected chi connectivity index (χ0v) is 12.0. The topological polar surface area (TPSA) is 49.3 Å². The SMILES string of the molecule is CCc1ccccc1C(=O)NC(C)C(CO)SC. The molecule has 1 aromatic carbocycles. The summed E-state index contributed by atoms with van der Waals surface area (Å²) in [6, 6.07) is 7.57. The lowest BCUT2D eigenvalue weighted by Crippen LogP contribution is -2.41. The number of benzene rings is 1. The van der Waals surface area contributed by atoms with Crippen LogP contribution in [0.15, 0.2) is 24.3 Å². The van der Waals surface area contributed by atoms with E-state index in [1.807, 2.05) is 44.4 Å². The van der Waals surface area contributed by atoms with Gasteiger partial charge in [0.15, 0.2) is 0 Å². The molecule has 2 unspecified atom stereocenters. The Balaban J connectivity index is 2.76. The highest BCUT2D eigenvalue weighted by Crippen LogP contribution is 2.13. The number of hydrogen-bond donors (Lipinski definition) is 2. The summed E-state index contributed by atoms with van der Waals surface area (Å²) in [5.41, 5.74) is 1.77. The van der Waals surface area contributed by atoms with Crippen LogP contribution in [0.1, 0.15) is 29.8 Å². The van der Waals surface area contributed by atoms with Gasteiger partial charge in [0.05, 0.1) is 6.61 Å². The molecular formula is C14H21NO2S. The Morgan fingerprint density at radius 1 is 1.44 bits per heavy atom. The summed E-state index contributed by atoms with van der Waals surface area (Å²) in [4.78, 5) is 12.2. The van der Waals surface area contributed by atoms with Gasteiger partial charge in [-0.2, -0.15) is 11.8 Å². The first-order chi connectivity index (χ1) is 8.63. The quantitative estimate of drug-likeness (QED) is 0.830. The van der Waals surface area contributed by atoms with Gasteiger partial charge in [-0.3, -0.25) is 4.79 Å². The third kappa shape index (κ3) is 3.75. The lowest BCUT2D eigenvalue weighted by atomic mass is 10.0. The Morgan fingerprint density at radius 2 is 2.11 bits per heavy atom. The summed E-state index contributed by atoms with van der Waals surface area (Å²) in [6.07, 6.45) is 2.77. The van der Waals surface area contributed by atoms with Crippen molar-refractivity contribution in [2.45, 2.75) is 31.6 Å². The fourth-order valence-electron chi connectivity index (χ4n) is 1.86. The summed E-state index contributed by atoms with van der Waals surface area (Å²) in [5.74, 6) is -0.0625. The van der Waals surface area contributed by atoms with Crippen LogP contribution in [-0.2, 0) is 6.42 Å². The van der Waals surface area contributed by atoms with Crippen LogP contribution in [0.3, 0.4) is 0 Å². The molecule has 18 heavy (non-hydrogen) atoms. The maximum atomic E-state index is 12.2. The van der Waals surface area contributed by atoms with Crippen molar-refractivity contribution in [3.05, 3.63) is 35.4 Å². The smallest absolute Gasteiger partial charge is 0.251 e. The molecular weight excluding hydrogens is 246 g/mol. The van der Waals surface area contributed by atoms with Gasteiger partial charge >= 0.3 is 0 Å². The van der Waals surface area contributed by atoms with Gasteiger partial charge in [0.1, 0.15) is 0 Å². The first kappa shape index (κ1) is 15.1. The number of amides is 1. The van der Waals surface area contributed by atoms with E-state index in [-0.39, 0.29) is 23.8 Å². The second kappa shape index (κ2) is 7.44. The monoisotopic (exact) mass is 267 g/mol. The molecule has 0 saturated heterocycles. The summed E-state index contributed by atoms with van der Waals surface area (Å²) in [6.45, 7) is 4.02. The third-order valence-electron chi connectivity index (χ3n) is 3.04. The van der Waals surface area contributed by atoms with Crippen LogP contribution in [-0.4, -0.2) is 35.2 Å². The molecule has 0 aliphatic rings. The second-order valence-electron chi connectivity index (χ2n) is 4.23. The Morgan fingerprint density at radius 3 is 2.67 bits per heavy atom. The fraction of sp³-hybridized carbons (Fsp3) is 0.500. The largest absolute Gasteiger partial charge is 0.395 e. The number of carbonyl (C=O) groups excluding carboxylic acids is 1. The van der Waals surface area contributed by atoms with Crippen LogP contribution in [0.4, 0.5) is 0 Å². The molecule has 2 atom stereocenters. The van der Waals surface area contributed by atoms with Crippen LogP contribution in [0.25, 0.3) is 0 Å². The molecule has 4 heteroatoms. The highest BCUT2D eigenvalue weighted by molar-refractivity contribution is 7.99. The van der Waals surface area contributed by atoms with Crippen molar-refractivity contribution in [1.29, 1.82) is 0 Å². The molecule has 1 aromatic rings. The molecule has 2 N–H and O–H groups in total. The molecule has 3 nitrogen and oxygen atoms in total. The molecule has 0 heterocycles. The maximum Gasteiger partial charge on any atom is 0.251 e. The molecule has 0 aromatic heterocycles. The lowest BCUT2D eigenvalue weighted by molar-refractivity contribution is 0.0935. The van der Waals surface area contributed by atoms with E-state index in [9.17, 15) is 9.90 Å². The predicted octanol–water partition coefficient (Wildman–Crippen LogP) is 2.09. The number of thioether (sulfide) groups is 1. The van der Waals surface area contributed by atoms with E-state index >= 15 is 0 Å². The van der Waals surface area contributed by atoms with Gasteiger partial charge < -0.3 is 10.4 Å². The first-order valence-electron chi connectivity index (χ1n) is 6.16. The van der Waals surface area contributed by atoms with E-state index in [0.29, 0.717) is 0 Å². The third-order valence-corrected chi connectivity index (χ3v) is 4.20. The first-order valence-corrected chi connectivity index (χ1v) is 7.45. The minimum absolute atomic E-state index is 0.0303. The number of nitrogens with one attached hydrogen (secondary N) is 1. The average Bonchev–Trinajstić information content (AvgIpc) is 2.40. The van der Waals surface area contributed by atoms with E-state index in [4.69, 9.17) is 0 Å². The maximum absolute atomic E-state index is 12.2. The zero-order chi connectivity index (χ0) is 13.5. The highest BCUT2D eigenvalue weighted by atomic mass is 32.2. The van der Waals surface area contributed by atoms with Crippen LogP contribution < -0.4 is 5.32 Å². The summed E-state index contributed by atoms with van der Waals surface area (Å²) < 4.78 is 0. The van der Waals surface area contributed by atoms with E-state index in [1.165, 1.54) is 0 Å². The lowest BCUT2D eigenvalue weighted by Gasteiger charge is -2.21. The van der Waals surface area contributed by atoms with E-state index in [2.05, 4.69) is 5.32 Å². The number of carbonyl (C=O) groups is 1. The summed E-state index contributed by atoms with van der Waals surface area (Å²) in [5, 5.41) is 12.2. The molecule has 0 bridgehead atoms. The number of aryl methyl sites for hydroxylation is 1. The van der Waals surface area contributed by atoms with Crippen molar-refractivity contribution in [1.82, 2.24) is 5.32 Å². The van der Waals surface area contributed by atoms with Gasteiger partial charge in [-0.25, -0.2) is 0 Å². The Hall–Kier alpha value is -1.00. The predicted molar refractivity (Wildman–Crippen MR) is 77.1 cm³/mol. The van der Waals surface area contributed by atoms with Crippen LogP contribution in [0.5, 0.6) is 0 Å². The molecule has 0 fully saturated rings. The molecule has 0 saturated carbocycles. The summed E-state index contributed by atoms with van der Waals surface area (Å²) in [7, 11) is 0. The molecule has 1 amide bonds. The van der Waals surface area contributed by atoms with Crippen molar-refractivity contribution in [3.63, 3.8) is 0 Å². The molecule has 0 spiro atoms. The summed E-state index contributed by atoms with van der Waals surface area (Å²) >= 11 is 1.56. The van der Waals surface area contributed by atoms with E-state index in [1.54, 1.807) is 11.8 Å². The van der Waals surface area contributed by atoms with Crippen LogP contribution in [0, 0.1) is 0 Å². The van der Waals surface area contributed by atoms with Crippen molar-refractivity contribution in [3.8, 4) is 0 Å². The van der Waals surface area contributed by atoms with Gasteiger partial charge in [-0.1, -0.05) is 25.1 Å². The van der Waals surface area contributed by atoms with Gasteiger partial charge in [-0.15, -0.1) is 0 Å². The molecule has 0 radical (unpaired) electrons. The Kier molecular flexibility index (Phi) is 6.22. The van der Waals surface area contributed by atoms with Crippen molar-refractivity contribution in [2.24, 2.45) is 0 Å². The molecule has 1 rings (SSSR count). The molecule has 100 valence electrons. The van der Waals surface area contributed by atoms with E-state index in [0.717, 1.165) is 17.5 Å². The normalized spacial score (nSPS) is 14.0. The minimum atomic E-state index is -0.0625. The zero-order valence-electron chi connectivity index (χ0n) is 11.1. The number of hydrogen-bond acceptors (Lipinski definition) is 3. The standard InChI is InChI=1S/C14H21NO2S/c1-4-11-7-5-6-8-12(11)14(17)15-10(2)13(9-16)18-3/h5-8,10,13,16H,4,9H2,1-3H3,(H,15,17). The Bertz CT molecular complexity index is 391. The van der Waals surface area contributed by atoms with E-state index < -0.39 is 0 Å². The second-order valence-corrected chi connectivity index (χ2v) is 5.31. The Labute approximate surface area is 113 Å². The highest BCUT2D eigenvalue weighted by Gasteiger charge is 2.19. The molecule has 0 aliphatic heterocycles. The number of rotatable bonds is 6. The number of aliphatic hydroxyl groups excluding tert-OH is 1. The average molecular weight is 267 g/mol. The van der Waals surface area contributed by atoms with Crippen molar-refractivity contribution in [2.75, 3.05) is 12.9 Å². The van der Waals surface area contributed by atoms with Crippen LogP contribution >= 0.6 is 11.8 Å². The van der Waals surface area contributed by atoms with Crippen molar-refractivity contribution >= 4 is 17.7 Å².